The monoisotopic (exact) mass is 269 g/mol. The first kappa shape index (κ1) is 14.6. The summed E-state index contributed by atoms with van der Waals surface area (Å²) in [5, 5.41) is 3.55. The maximum Gasteiger partial charge on any atom is 0.119 e. The van der Waals surface area contributed by atoms with Crippen molar-refractivity contribution in [3.63, 3.8) is 0 Å². The lowest BCUT2D eigenvalue weighted by Crippen LogP contribution is -2.25. The average Bonchev–Trinajstić information content (AvgIpc) is 2.48. The van der Waals surface area contributed by atoms with Gasteiger partial charge >= 0.3 is 0 Å². The highest BCUT2D eigenvalue weighted by atomic mass is 16.5. The molecule has 0 aromatic heterocycles. The van der Waals surface area contributed by atoms with E-state index in [4.69, 9.17) is 4.74 Å². The van der Waals surface area contributed by atoms with Crippen LogP contribution in [0.3, 0.4) is 0 Å². The van der Waals surface area contributed by atoms with Crippen LogP contribution in [0.25, 0.3) is 0 Å². The highest BCUT2D eigenvalue weighted by Gasteiger charge is 2.07. The molecule has 2 aromatic carbocycles. The number of benzene rings is 2. The predicted molar refractivity (Wildman–Crippen MR) is 84.2 cm³/mol. The van der Waals surface area contributed by atoms with E-state index in [1.807, 2.05) is 12.1 Å². The fourth-order valence-electron chi connectivity index (χ4n) is 2.29. The second-order valence-electron chi connectivity index (χ2n) is 4.99. The van der Waals surface area contributed by atoms with Crippen molar-refractivity contribution in [2.45, 2.75) is 26.3 Å². The van der Waals surface area contributed by atoms with Gasteiger partial charge in [0.25, 0.3) is 0 Å². The van der Waals surface area contributed by atoms with Gasteiger partial charge in [0, 0.05) is 12.6 Å². The summed E-state index contributed by atoms with van der Waals surface area (Å²) in [7, 11) is 0. The van der Waals surface area contributed by atoms with Crippen LogP contribution in [-0.4, -0.2) is 13.2 Å². The van der Waals surface area contributed by atoms with Crippen LogP contribution in [-0.2, 0) is 0 Å². The molecule has 106 valence electrons. The van der Waals surface area contributed by atoms with Crippen molar-refractivity contribution in [2.24, 2.45) is 0 Å². The van der Waals surface area contributed by atoms with Crippen molar-refractivity contribution >= 4 is 0 Å². The van der Waals surface area contributed by atoms with Crippen LogP contribution < -0.4 is 10.1 Å². The number of ether oxygens (including phenoxy) is 1. The third-order valence-electron chi connectivity index (χ3n) is 3.36. The Morgan fingerprint density at radius 3 is 2.55 bits per heavy atom. The van der Waals surface area contributed by atoms with Crippen molar-refractivity contribution in [3.05, 3.63) is 65.7 Å². The van der Waals surface area contributed by atoms with Crippen LogP contribution in [0.4, 0.5) is 0 Å². The minimum atomic E-state index is 0.400. The smallest absolute Gasteiger partial charge is 0.119 e. The van der Waals surface area contributed by atoms with Gasteiger partial charge in [-0.05, 0) is 36.6 Å². The molecule has 1 unspecified atom stereocenters. The van der Waals surface area contributed by atoms with Gasteiger partial charge in [0.15, 0.2) is 0 Å². The predicted octanol–water partition coefficient (Wildman–Crippen LogP) is 4.11. The van der Waals surface area contributed by atoms with Gasteiger partial charge in [-0.1, -0.05) is 49.4 Å². The second-order valence-corrected chi connectivity index (χ2v) is 4.99. The molecule has 0 saturated carbocycles. The summed E-state index contributed by atoms with van der Waals surface area (Å²) in [5.41, 5.74) is 2.57. The molecule has 0 aliphatic heterocycles. The zero-order chi connectivity index (χ0) is 14.2. The van der Waals surface area contributed by atoms with Crippen LogP contribution in [0.1, 0.15) is 30.5 Å². The van der Waals surface area contributed by atoms with Crippen LogP contribution in [0.2, 0.25) is 0 Å². The van der Waals surface area contributed by atoms with E-state index in [1.165, 1.54) is 11.1 Å². The van der Waals surface area contributed by atoms with Crippen molar-refractivity contribution in [3.8, 4) is 5.75 Å². The molecule has 0 aliphatic carbocycles. The number of aryl methyl sites for hydroxylation is 1. The highest BCUT2D eigenvalue weighted by molar-refractivity contribution is 5.27. The summed E-state index contributed by atoms with van der Waals surface area (Å²) in [4.78, 5) is 0. The number of rotatable bonds is 7. The number of nitrogens with one attached hydrogen (secondary N) is 1. The molecule has 0 spiro atoms. The Morgan fingerprint density at radius 2 is 1.85 bits per heavy atom. The fourth-order valence-corrected chi connectivity index (χ4v) is 2.29. The Balaban J connectivity index is 1.77. The van der Waals surface area contributed by atoms with Crippen molar-refractivity contribution in [2.75, 3.05) is 13.2 Å². The molecule has 0 fully saturated rings. The van der Waals surface area contributed by atoms with Crippen molar-refractivity contribution in [1.29, 1.82) is 0 Å². The molecular weight excluding hydrogens is 246 g/mol. The number of hydrogen-bond donors (Lipinski definition) is 1. The lowest BCUT2D eigenvalue weighted by atomic mass is 10.1. The minimum absolute atomic E-state index is 0.400. The summed E-state index contributed by atoms with van der Waals surface area (Å²) in [6.45, 7) is 5.81. The minimum Gasteiger partial charge on any atom is -0.492 e. The third kappa shape index (κ3) is 4.39. The zero-order valence-corrected chi connectivity index (χ0v) is 12.3. The summed E-state index contributed by atoms with van der Waals surface area (Å²) < 4.78 is 5.76. The standard InChI is InChI=1S/C18H23NO/c1-3-18(16-9-5-4-6-10-16)19-12-13-20-17-11-7-8-15(2)14-17/h4-11,14,18-19H,3,12-13H2,1-2H3. The molecule has 1 atom stereocenters. The topological polar surface area (TPSA) is 21.3 Å². The highest BCUT2D eigenvalue weighted by Crippen LogP contribution is 2.16. The largest absolute Gasteiger partial charge is 0.492 e. The maximum absolute atomic E-state index is 5.76. The Kier molecular flexibility index (Phi) is 5.63. The van der Waals surface area contributed by atoms with Gasteiger partial charge in [0.1, 0.15) is 12.4 Å². The molecule has 2 rings (SSSR count). The lowest BCUT2D eigenvalue weighted by Gasteiger charge is -2.17. The molecule has 0 saturated heterocycles. The molecule has 2 aromatic rings. The molecule has 0 aliphatic rings. The summed E-state index contributed by atoms with van der Waals surface area (Å²) >= 11 is 0. The first-order valence-electron chi connectivity index (χ1n) is 7.27. The van der Waals surface area contributed by atoms with Crippen LogP contribution in [0.15, 0.2) is 54.6 Å². The third-order valence-corrected chi connectivity index (χ3v) is 3.36. The molecule has 1 N–H and O–H groups in total. The van der Waals surface area contributed by atoms with E-state index in [0.29, 0.717) is 12.6 Å². The van der Waals surface area contributed by atoms with Crippen LogP contribution in [0.5, 0.6) is 5.75 Å². The van der Waals surface area contributed by atoms with E-state index >= 15 is 0 Å². The van der Waals surface area contributed by atoms with Crippen molar-refractivity contribution in [1.82, 2.24) is 5.32 Å². The Labute approximate surface area is 121 Å². The van der Waals surface area contributed by atoms with E-state index in [1.54, 1.807) is 0 Å². The normalized spacial score (nSPS) is 12.1. The number of hydrogen-bond acceptors (Lipinski definition) is 2. The molecule has 0 heterocycles. The summed E-state index contributed by atoms with van der Waals surface area (Å²) in [5.74, 6) is 0.944. The maximum atomic E-state index is 5.76. The van der Waals surface area contributed by atoms with Gasteiger partial charge in [0.2, 0.25) is 0 Å². The molecule has 20 heavy (non-hydrogen) atoms. The zero-order valence-electron chi connectivity index (χ0n) is 12.3. The van der Waals surface area contributed by atoms with Crippen LogP contribution in [0, 0.1) is 6.92 Å². The van der Waals surface area contributed by atoms with Gasteiger partial charge in [-0.25, -0.2) is 0 Å². The molecule has 0 bridgehead atoms. The first-order valence-corrected chi connectivity index (χ1v) is 7.27. The van der Waals surface area contributed by atoms with E-state index in [-0.39, 0.29) is 0 Å². The van der Waals surface area contributed by atoms with Gasteiger partial charge in [-0.15, -0.1) is 0 Å². The average molecular weight is 269 g/mol. The van der Waals surface area contributed by atoms with Gasteiger partial charge in [0.05, 0.1) is 0 Å². The van der Waals surface area contributed by atoms with Crippen LogP contribution >= 0.6 is 0 Å². The first-order chi connectivity index (χ1) is 9.79. The lowest BCUT2D eigenvalue weighted by molar-refractivity contribution is 0.304. The summed E-state index contributed by atoms with van der Waals surface area (Å²) in [6, 6.07) is 19.1. The van der Waals surface area contributed by atoms with Gasteiger partial charge < -0.3 is 10.1 Å². The summed E-state index contributed by atoms with van der Waals surface area (Å²) in [6.07, 6.45) is 1.08. The van der Waals surface area contributed by atoms with E-state index in [2.05, 4.69) is 61.6 Å². The molecule has 2 nitrogen and oxygen atoms in total. The quantitative estimate of drug-likeness (QED) is 0.764. The van der Waals surface area contributed by atoms with E-state index in [0.717, 1.165) is 18.7 Å². The SMILES string of the molecule is CCC(NCCOc1cccc(C)c1)c1ccccc1. The molecule has 0 amide bonds. The molecule has 2 heteroatoms. The van der Waals surface area contributed by atoms with Gasteiger partial charge in [-0.2, -0.15) is 0 Å². The fraction of sp³-hybridized carbons (Fsp3) is 0.333. The van der Waals surface area contributed by atoms with E-state index in [9.17, 15) is 0 Å². The van der Waals surface area contributed by atoms with E-state index < -0.39 is 0 Å². The van der Waals surface area contributed by atoms with Gasteiger partial charge in [-0.3, -0.25) is 0 Å². The molecule has 0 radical (unpaired) electrons. The van der Waals surface area contributed by atoms with Crippen molar-refractivity contribution < 1.29 is 4.74 Å². The molecular formula is C18H23NO. The Morgan fingerprint density at radius 1 is 1.05 bits per heavy atom. The Hall–Kier alpha value is -1.80. The Bertz CT molecular complexity index is 510. The second kappa shape index (κ2) is 7.71.